The van der Waals surface area contributed by atoms with Gasteiger partial charge in [-0.25, -0.2) is 9.67 Å². The number of hydrogen-bond donors (Lipinski definition) is 1. The molecule has 0 aromatic carbocycles. The highest BCUT2D eigenvalue weighted by molar-refractivity contribution is 7.98. The second-order valence-corrected chi connectivity index (χ2v) is 4.86. The second-order valence-electron chi connectivity index (χ2n) is 3.95. The molecule has 5 heteroatoms. The van der Waals surface area contributed by atoms with E-state index in [4.69, 9.17) is 0 Å². The Morgan fingerprint density at radius 2 is 2.20 bits per heavy atom. The van der Waals surface area contributed by atoms with Crippen molar-refractivity contribution in [2.24, 2.45) is 0 Å². The summed E-state index contributed by atoms with van der Waals surface area (Å²) in [6, 6.07) is 0.887. The van der Waals surface area contributed by atoms with Gasteiger partial charge in [-0.2, -0.15) is 16.9 Å². The fourth-order valence-electron chi connectivity index (χ4n) is 1.41. The van der Waals surface area contributed by atoms with Crippen molar-refractivity contribution in [3.63, 3.8) is 0 Å². The van der Waals surface area contributed by atoms with Gasteiger partial charge in [0.25, 0.3) is 0 Å². The van der Waals surface area contributed by atoms with E-state index in [1.807, 2.05) is 16.4 Å². The molecule has 1 heterocycles. The van der Waals surface area contributed by atoms with Crippen molar-refractivity contribution < 1.29 is 0 Å². The summed E-state index contributed by atoms with van der Waals surface area (Å²) in [7, 11) is 0. The second kappa shape index (κ2) is 6.12. The van der Waals surface area contributed by atoms with Gasteiger partial charge in [0.05, 0.1) is 6.54 Å². The van der Waals surface area contributed by atoms with Crippen molar-refractivity contribution in [2.75, 3.05) is 12.0 Å². The van der Waals surface area contributed by atoms with Gasteiger partial charge in [0.15, 0.2) is 0 Å². The molecule has 1 aromatic heterocycles. The number of rotatable bonds is 6. The van der Waals surface area contributed by atoms with Crippen LogP contribution in [0.5, 0.6) is 0 Å². The fraction of sp³-hybridized carbons (Fsp3) is 0.800. The van der Waals surface area contributed by atoms with E-state index in [-0.39, 0.29) is 0 Å². The lowest BCUT2D eigenvalue weighted by atomic mass is 10.3. The third-order valence-corrected chi connectivity index (χ3v) is 3.00. The van der Waals surface area contributed by atoms with E-state index in [1.54, 1.807) is 6.33 Å². The molecule has 0 aliphatic rings. The topological polar surface area (TPSA) is 42.7 Å². The largest absolute Gasteiger partial charge is 0.307 e. The standard InChI is InChI=1S/C10H20N4S/c1-8(2)14-10(12-7-13-14)5-11-9(3)6-15-4/h7-9,11H,5-6H2,1-4H3. The van der Waals surface area contributed by atoms with Crippen molar-refractivity contribution in [1.82, 2.24) is 20.1 Å². The molecule has 0 aliphatic carbocycles. The number of nitrogens with zero attached hydrogens (tertiary/aromatic N) is 3. The van der Waals surface area contributed by atoms with Crippen LogP contribution in [0.2, 0.25) is 0 Å². The van der Waals surface area contributed by atoms with Gasteiger partial charge >= 0.3 is 0 Å². The Morgan fingerprint density at radius 3 is 2.80 bits per heavy atom. The average Bonchev–Trinajstić information content (AvgIpc) is 2.63. The third-order valence-electron chi connectivity index (χ3n) is 2.16. The van der Waals surface area contributed by atoms with Crippen LogP contribution in [-0.2, 0) is 6.54 Å². The maximum absolute atomic E-state index is 4.25. The molecule has 0 aliphatic heterocycles. The van der Waals surface area contributed by atoms with Crippen molar-refractivity contribution >= 4 is 11.8 Å². The smallest absolute Gasteiger partial charge is 0.141 e. The number of thioether (sulfide) groups is 1. The molecule has 0 fully saturated rings. The van der Waals surface area contributed by atoms with Crippen LogP contribution in [0.15, 0.2) is 6.33 Å². The first-order chi connectivity index (χ1) is 7.15. The normalized spacial score (nSPS) is 13.4. The van der Waals surface area contributed by atoms with Gasteiger partial charge in [-0.1, -0.05) is 0 Å². The van der Waals surface area contributed by atoms with Gasteiger partial charge in [0, 0.05) is 17.8 Å². The van der Waals surface area contributed by atoms with Gasteiger partial charge in [-0.3, -0.25) is 0 Å². The molecule has 1 atom stereocenters. The van der Waals surface area contributed by atoms with E-state index in [9.17, 15) is 0 Å². The lowest BCUT2D eigenvalue weighted by Crippen LogP contribution is -2.29. The van der Waals surface area contributed by atoms with Crippen molar-refractivity contribution in [3.05, 3.63) is 12.2 Å². The van der Waals surface area contributed by atoms with Gasteiger partial charge in [0.2, 0.25) is 0 Å². The average molecular weight is 228 g/mol. The molecule has 0 radical (unpaired) electrons. The first-order valence-electron chi connectivity index (χ1n) is 5.25. The Morgan fingerprint density at radius 1 is 1.47 bits per heavy atom. The molecular formula is C10H20N4S. The van der Waals surface area contributed by atoms with Crippen LogP contribution in [0.4, 0.5) is 0 Å². The zero-order valence-corrected chi connectivity index (χ0v) is 10.7. The Labute approximate surface area is 95.9 Å². The van der Waals surface area contributed by atoms with Crippen LogP contribution in [0.1, 0.15) is 32.6 Å². The monoisotopic (exact) mass is 228 g/mol. The summed E-state index contributed by atoms with van der Waals surface area (Å²) in [5.74, 6) is 2.13. The first-order valence-corrected chi connectivity index (χ1v) is 6.65. The Balaban J connectivity index is 2.46. The van der Waals surface area contributed by atoms with E-state index in [0.29, 0.717) is 12.1 Å². The highest BCUT2D eigenvalue weighted by Crippen LogP contribution is 2.05. The SMILES string of the molecule is CSCC(C)NCc1ncnn1C(C)C. The van der Waals surface area contributed by atoms with Crippen LogP contribution >= 0.6 is 11.8 Å². The summed E-state index contributed by atoms with van der Waals surface area (Å²) in [6.45, 7) is 7.21. The minimum atomic E-state index is 0.375. The maximum Gasteiger partial charge on any atom is 0.141 e. The van der Waals surface area contributed by atoms with Crippen molar-refractivity contribution in [3.8, 4) is 0 Å². The number of nitrogens with one attached hydrogen (secondary N) is 1. The van der Waals surface area contributed by atoms with E-state index in [2.05, 4.69) is 42.4 Å². The van der Waals surface area contributed by atoms with Crippen LogP contribution in [0, 0.1) is 0 Å². The van der Waals surface area contributed by atoms with Crippen molar-refractivity contribution in [2.45, 2.75) is 39.4 Å². The summed E-state index contributed by atoms with van der Waals surface area (Å²) in [6.07, 6.45) is 3.74. The number of aromatic nitrogens is 3. The molecule has 1 rings (SSSR count). The molecule has 1 unspecified atom stereocenters. The van der Waals surface area contributed by atoms with Crippen LogP contribution < -0.4 is 5.32 Å². The Hall–Kier alpha value is -0.550. The van der Waals surface area contributed by atoms with Gasteiger partial charge in [-0.15, -0.1) is 0 Å². The predicted molar refractivity (Wildman–Crippen MR) is 65.1 cm³/mol. The molecule has 0 amide bonds. The fourth-order valence-corrected chi connectivity index (χ4v) is 2.02. The minimum absolute atomic E-state index is 0.375. The van der Waals surface area contributed by atoms with Gasteiger partial charge in [0.1, 0.15) is 12.2 Å². The lowest BCUT2D eigenvalue weighted by molar-refractivity contribution is 0.478. The molecular weight excluding hydrogens is 208 g/mol. The third kappa shape index (κ3) is 3.83. The first kappa shape index (κ1) is 12.5. The molecule has 4 nitrogen and oxygen atoms in total. The van der Waals surface area contributed by atoms with Gasteiger partial charge < -0.3 is 5.32 Å². The Bertz CT molecular complexity index is 285. The molecule has 0 bridgehead atoms. The summed E-state index contributed by atoms with van der Waals surface area (Å²) >= 11 is 1.85. The number of hydrogen-bond acceptors (Lipinski definition) is 4. The van der Waals surface area contributed by atoms with Crippen LogP contribution in [0.25, 0.3) is 0 Å². The minimum Gasteiger partial charge on any atom is -0.307 e. The van der Waals surface area contributed by atoms with E-state index in [0.717, 1.165) is 18.1 Å². The zero-order chi connectivity index (χ0) is 11.3. The van der Waals surface area contributed by atoms with E-state index in [1.165, 1.54) is 0 Å². The highest BCUT2D eigenvalue weighted by Gasteiger charge is 2.08. The summed E-state index contributed by atoms with van der Waals surface area (Å²) in [5.41, 5.74) is 0. The van der Waals surface area contributed by atoms with E-state index >= 15 is 0 Å². The molecule has 0 saturated heterocycles. The van der Waals surface area contributed by atoms with E-state index < -0.39 is 0 Å². The Kier molecular flexibility index (Phi) is 5.11. The molecule has 1 aromatic rings. The molecule has 86 valence electrons. The van der Waals surface area contributed by atoms with Crippen LogP contribution in [-0.4, -0.2) is 32.8 Å². The zero-order valence-electron chi connectivity index (χ0n) is 9.90. The van der Waals surface area contributed by atoms with Crippen LogP contribution in [0.3, 0.4) is 0 Å². The molecule has 15 heavy (non-hydrogen) atoms. The molecule has 0 saturated carbocycles. The quantitative estimate of drug-likeness (QED) is 0.805. The lowest BCUT2D eigenvalue weighted by Gasteiger charge is -2.13. The van der Waals surface area contributed by atoms with Gasteiger partial charge in [-0.05, 0) is 27.0 Å². The summed E-state index contributed by atoms with van der Waals surface area (Å²) in [4.78, 5) is 4.25. The summed E-state index contributed by atoms with van der Waals surface area (Å²) < 4.78 is 1.96. The van der Waals surface area contributed by atoms with Crippen molar-refractivity contribution in [1.29, 1.82) is 0 Å². The molecule has 0 spiro atoms. The summed E-state index contributed by atoms with van der Waals surface area (Å²) in [5, 5.41) is 7.64. The predicted octanol–water partition coefficient (Wildman–Crippen LogP) is 1.70. The maximum atomic E-state index is 4.25. The highest BCUT2D eigenvalue weighted by atomic mass is 32.2. The molecule has 1 N–H and O–H groups in total.